The van der Waals surface area contributed by atoms with Gasteiger partial charge in [-0.3, -0.25) is 4.79 Å². The average molecular weight is 234 g/mol. The fourth-order valence-corrected chi connectivity index (χ4v) is 1.85. The first-order valence-electron chi connectivity index (χ1n) is 4.62. The number of carbonyl (C=O) groups excluding carboxylic acids is 1. The van der Waals surface area contributed by atoms with E-state index in [0.29, 0.717) is 5.82 Å². The van der Waals surface area contributed by atoms with E-state index in [9.17, 15) is 4.79 Å². The van der Waals surface area contributed by atoms with Gasteiger partial charge in [-0.15, -0.1) is 0 Å². The molecular weight excluding hydrogens is 224 g/mol. The highest BCUT2D eigenvalue weighted by Gasteiger charge is 2.02. The fourth-order valence-electron chi connectivity index (χ4n) is 1.20. The van der Waals surface area contributed by atoms with Crippen molar-refractivity contribution in [2.75, 3.05) is 11.9 Å². The summed E-state index contributed by atoms with van der Waals surface area (Å²) in [7, 11) is 0. The first-order chi connectivity index (χ1) is 7.75. The number of carbonyl (C=O) groups is 1. The van der Waals surface area contributed by atoms with Crippen LogP contribution < -0.4 is 11.1 Å². The van der Waals surface area contributed by atoms with Gasteiger partial charge < -0.3 is 11.1 Å². The SMILES string of the molecule is NC(=O)CNc1cc(-c2ccsc2)ncn1. The number of primary amides is 1. The third kappa shape index (κ3) is 2.54. The molecule has 0 aliphatic carbocycles. The first-order valence-corrected chi connectivity index (χ1v) is 5.57. The molecule has 82 valence electrons. The van der Waals surface area contributed by atoms with Gasteiger partial charge in [-0.25, -0.2) is 9.97 Å². The van der Waals surface area contributed by atoms with Crippen LogP contribution >= 0.6 is 11.3 Å². The molecule has 0 spiro atoms. The van der Waals surface area contributed by atoms with Gasteiger partial charge in [0.15, 0.2) is 0 Å². The minimum absolute atomic E-state index is 0.0695. The Balaban J connectivity index is 2.17. The molecule has 0 saturated carbocycles. The normalized spacial score (nSPS) is 10.0. The molecule has 2 heterocycles. The van der Waals surface area contributed by atoms with Crippen LogP contribution in [0.4, 0.5) is 5.82 Å². The summed E-state index contributed by atoms with van der Waals surface area (Å²) in [6.45, 7) is 0.0695. The van der Waals surface area contributed by atoms with Crippen molar-refractivity contribution >= 4 is 23.1 Å². The maximum atomic E-state index is 10.6. The molecule has 0 aliphatic rings. The van der Waals surface area contributed by atoms with E-state index in [1.54, 1.807) is 17.4 Å². The van der Waals surface area contributed by atoms with Crippen LogP contribution in [0.25, 0.3) is 11.3 Å². The number of aromatic nitrogens is 2. The summed E-state index contributed by atoms with van der Waals surface area (Å²) in [5.41, 5.74) is 6.89. The van der Waals surface area contributed by atoms with E-state index in [0.717, 1.165) is 11.3 Å². The van der Waals surface area contributed by atoms with E-state index in [1.165, 1.54) is 6.33 Å². The number of hydrogen-bond donors (Lipinski definition) is 2. The first kappa shape index (κ1) is 10.6. The quantitative estimate of drug-likeness (QED) is 0.830. The van der Waals surface area contributed by atoms with Crippen LogP contribution in [0.2, 0.25) is 0 Å². The predicted octanol–water partition coefficient (Wildman–Crippen LogP) is 1.10. The van der Waals surface area contributed by atoms with Crippen LogP contribution in [0.3, 0.4) is 0 Å². The lowest BCUT2D eigenvalue weighted by atomic mass is 10.2. The van der Waals surface area contributed by atoms with Crippen LogP contribution in [0, 0.1) is 0 Å². The second-order valence-electron chi connectivity index (χ2n) is 3.12. The zero-order valence-corrected chi connectivity index (χ0v) is 9.20. The second-order valence-corrected chi connectivity index (χ2v) is 3.90. The minimum Gasteiger partial charge on any atom is -0.368 e. The number of amides is 1. The lowest BCUT2D eigenvalue weighted by Gasteiger charge is -2.03. The van der Waals surface area contributed by atoms with Gasteiger partial charge >= 0.3 is 0 Å². The third-order valence-electron chi connectivity index (χ3n) is 1.93. The lowest BCUT2D eigenvalue weighted by Crippen LogP contribution is -2.22. The van der Waals surface area contributed by atoms with Gasteiger partial charge in [0.2, 0.25) is 5.91 Å². The van der Waals surface area contributed by atoms with Gasteiger partial charge in [0.05, 0.1) is 12.2 Å². The number of anilines is 1. The number of thiophene rings is 1. The molecule has 0 saturated heterocycles. The molecule has 0 radical (unpaired) electrons. The summed E-state index contributed by atoms with van der Waals surface area (Å²) in [4.78, 5) is 18.7. The number of hydrogen-bond acceptors (Lipinski definition) is 5. The topological polar surface area (TPSA) is 80.9 Å². The molecular formula is C10H10N4OS. The monoisotopic (exact) mass is 234 g/mol. The molecule has 3 N–H and O–H groups in total. The van der Waals surface area contributed by atoms with Crippen LogP contribution in [0.1, 0.15) is 0 Å². The van der Waals surface area contributed by atoms with Gasteiger partial charge in [0.1, 0.15) is 12.1 Å². The van der Waals surface area contributed by atoms with E-state index in [2.05, 4.69) is 15.3 Å². The molecule has 0 unspecified atom stereocenters. The van der Waals surface area contributed by atoms with Crippen molar-refractivity contribution in [1.82, 2.24) is 9.97 Å². The number of rotatable bonds is 4. The van der Waals surface area contributed by atoms with Crippen molar-refractivity contribution in [1.29, 1.82) is 0 Å². The van der Waals surface area contributed by atoms with Crippen molar-refractivity contribution in [2.45, 2.75) is 0 Å². The van der Waals surface area contributed by atoms with Crippen LogP contribution in [0.5, 0.6) is 0 Å². The molecule has 0 atom stereocenters. The van der Waals surface area contributed by atoms with Crippen molar-refractivity contribution in [3.05, 3.63) is 29.2 Å². The number of nitrogens with zero attached hydrogens (tertiary/aromatic N) is 2. The van der Waals surface area contributed by atoms with Gasteiger partial charge in [0.25, 0.3) is 0 Å². The highest BCUT2D eigenvalue weighted by Crippen LogP contribution is 2.20. The largest absolute Gasteiger partial charge is 0.368 e. The second kappa shape index (κ2) is 4.71. The Bertz CT molecular complexity index is 483. The predicted molar refractivity (Wildman–Crippen MR) is 63.0 cm³/mol. The lowest BCUT2D eigenvalue weighted by molar-refractivity contribution is -0.116. The van der Waals surface area contributed by atoms with Gasteiger partial charge in [-0.1, -0.05) is 0 Å². The molecule has 0 fully saturated rings. The molecule has 6 heteroatoms. The van der Waals surface area contributed by atoms with E-state index in [1.807, 2.05) is 16.8 Å². The smallest absolute Gasteiger partial charge is 0.236 e. The zero-order chi connectivity index (χ0) is 11.4. The molecule has 0 bridgehead atoms. The summed E-state index contributed by atoms with van der Waals surface area (Å²) < 4.78 is 0. The summed E-state index contributed by atoms with van der Waals surface area (Å²) in [5.74, 6) is 0.172. The Morgan fingerprint density at radius 1 is 1.50 bits per heavy atom. The Morgan fingerprint density at radius 3 is 3.06 bits per heavy atom. The Labute approximate surface area is 96.3 Å². The van der Waals surface area contributed by atoms with Crippen LogP contribution in [-0.4, -0.2) is 22.4 Å². The van der Waals surface area contributed by atoms with Gasteiger partial charge in [-0.05, 0) is 11.4 Å². The third-order valence-corrected chi connectivity index (χ3v) is 2.61. The molecule has 2 aromatic rings. The van der Waals surface area contributed by atoms with Crippen molar-refractivity contribution in [3.8, 4) is 11.3 Å². The standard InChI is InChI=1S/C10H10N4OS/c11-9(15)4-12-10-3-8(13-6-14-10)7-1-2-16-5-7/h1-3,5-6H,4H2,(H2,11,15)(H,12,13,14). The fraction of sp³-hybridized carbons (Fsp3) is 0.100. The highest BCUT2D eigenvalue weighted by atomic mass is 32.1. The van der Waals surface area contributed by atoms with Crippen LogP contribution in [-0.2, 0) is 4.79 Å². The molecule has 0 aliphatic heterocycles. The molecule has 2 rings (SSSR count). The van der Waals surface area contributed by atoms with Crippen molar-refractivity contribution in [3.63, 3.8) is 0 Å². The van der Waals surface area contributed by atoms with Crippen molar-refractivity contribution in [2.24, 2.45) is 5.73 Å². The Kier molecular flexibility index (Phi) is 3.11. The van der Waals surface area contributed by atoms with E-state index < -0.39 is 5.91 Å². The summed E-state index contributed by atoms with van der Waals surface area (Å²) in [6, 6.07) is 3.76. The average Bonchev–Trinajstić information content (AvgIpc) is 2.80. The van der Waals surface area contributed by atoms with E-state index >= 15 is 0 Å². The molecule has 0 aromatic carbocycles. The van der Waals surface area contributed by atoms with Crippen LogP contribution in [0.15, 0.2) is 29.2 Å². The van der Waals surface area contributed by atoms with Gasteiger partial charge in [0, 0.05) is 17.0 Å². The Morgan fingerprint density at radius 2 is 2.38 bits per heavy atom. The summed E-state index contributed by atoms with van der Waals surface area (Å²) >= 11 is 1.60. The molecule has 1 amide bonds. The molecule has 16 heavy (non-hydrogen) atoms. The van der Waals surface area contributed by atoms with E-state index in [-0.39, 0.29) is 6.54 Å². The maximum absolute atomic E-state index is 10.6. The Hall–Kier alpha value is -1.95. The summed E-state index contributed by atoms with van der Waals surface area (Å²) in [6.07, 6.45) is 1.45. The number of nitrogens with two attached hydrogens (primary N) is 1. The maximum Gasteiger partial charge on any atom is 0.236 e. The van der Waals surface area contributed by atoms with Crippen molar-refractivity contribution < 1.29 is 4.79 Å². The molecule has 5 nitrogen and oxygen atoms in total. The highest BCUT2D eigenvalue weighted by molar-refractivity contribution is 7.08. The number of nitrogens with one attached hydrogen (secondary N) is 1. The van der Waals surface area contributed by atoms with Gasteiger partial charge in [-0.2, -0.15) is 11.3 Å². The van der Waals surface area contributed by atoms with E-state index in [4.69, 9.17) is 5.73 Å². The zero-order valence-electron chi connectivity index (χ0n) is 8.38. The molecule has 2 aromatic heterocycles. The summed E-state index contributed by atoms with van der Waals surface area (Å²) in [5, 5.41) is 6.80. The minimum atomic E-state index is -0.421.